The normalized spacial score (nSPS) is 12.2. The summed E-state index contributed by atoms with van der Waals surface area (Å²) in [6.07, 6.45) is -0.648. The molecule has 0 unspecified atom stereocenters. The molecule has 0 saturated heterocycles. The number of carbonyl (C=O) groups is 2. The first-order valence-corrected chi connectivity index (χ1v) is 6.86. The van der Waals surface area contributed by atoms with E-state index in [2.05, 4.69) is 10.6 Å². The number of ether oxygens (including phenoxy) is 2. The molecule has 0 aromatic heterocycles. The lowest BCUT2D eigenvalue weighted by molar-refractivity contribution is -0.117. The van der Waals surface area contributed by atoms with Gasteiger partial charge in [0, 0.05) is 11.8 Å². The lowest BCUT2D eigenvalue weighted by Crippen LogP contribution is -2.43. The minimum Gasteiger partial charge on any atom is -0.495 e. The Hall–Kier alpha value is -2.44. The molecular formula is C15H23N3O4. The number of nitrogens with one attached hydrogen (secondary N) is 2. The molecule has 0 fully saturated rings. The number of carbonyl (C=O) groups excluding carboxylic acids is 2. The number of hydrogen-bond donors (Lipinski definition) is 3. The van der Waals surface area contributed by atoms with Gasteiger partial charge in [-0.3, -0.25) is 4.79 Å². The van der Waals surface area contributed by atoms with E-state index in [-0.39, 0.29) is 5.91 Å². The van der Waals surface area contributed by atoms with Crippen LogP contribution in [0.5, 0.6) is 5.75 Å². The molecule has 0 heterocycles. The van der Waals surface area contributed by atoms with E-state index in [4.69, 9.17) is 15.2 Å². The van der Waals surface area contributed by atoms with Crippen LogP contribution in [0, 0.1) is 0 Å². The molecule has 22 heavy (non-hydrogen) atoms. The van der Waals surface area contributed by atoms with Crippen LogP contribution in [0.1, 0.15) is 27.7 Å². The molecule has 1 aromatic rings. The number of amides is 2. The lowest BCUT2D eigenvalue weighted by Gasteiger charge is -2.21. The van der Waals surface area contributed by atoms with Crippen molar-refractivity contribution in [3.8, 4) is 5.75 Å². The van der Waals surface area contributed by atoms with E-state index in [0.29, 0.717) is 17.1 Å². The van der Waals surface area contributed by atoms with Crippen LogP contribution in [0.15, 0.2) is 18.2 Å². The van der Waals surface area contributed by atoms with Crippen LogP contribution in [0.25, 0.3) is 0 Å². The first-order chi connectivity index (χ1) is 10.1. The van der Waals surface area contributed by atoms with Gasteiger partial charge in [0.05, 0.1) is 12.8 Å². The number of anilines is 2. The first-order valence-electron chi connectivity index (χ1n) is 6.86. The highest BCUT2D eigenvalue weighted by Gasteiger charge is 2.21. The number of hydrogen-bond acceptors (Lipinski definition) is 5. The molecule has 7 nitrogen and oxygen atoms in total. The molecule has 0 radical (unpaired) electrons. The van der Waals surface area contributed by atoms with Gasteiger partial charge < -0.3 is 25.8 Å². The van der Waals surface area contributed by atoms with Crippen molar-refractivity contribution >= 4 is 23.4 Å². The van der Waals surface area contributed by atoms with E-state index < -0.39 is 17.7 Å². The Kier molecular flexibility index (Phi) is 5.62. The predicted octanol–water partition coefficient (Wildman–Crippen LogP) is 2.13. The monoisotopic (exact) mass is 309 g/mol. The first kappa shape index (κ1) is 17.6. The van der Waals surface area contributed by atoms with Crippen molar-refractivity contribution in [2.45, 2.75) is 39.3 Å². The summed E-state index contributed by atoms with van der Waals surface area (Å²) in [5.74, 6) is 0.0863. The third-order valence-electron chi connectivity index (χ3n) is 2.63. The zero-order valence-electron chi connectivity index (χ0n) is 13.5. The quantitative estimate of drug-likeness (QED) is 0.739. The molecule has 122 valence electrons. The van der Waals surface area contributed by atoms with Crippen molar-refractivity contribution in [2.24, 2.45) is 0 Å². The Labute approximate surface area is 130 Å². The summed E-state index contributed by atoms with van der Waals surface area (Å²) >= 11 is 0. The summed E-state index contributed by atoms with van der Waals surface area (Å²) < 4.78 is 10.2. The molecule has 0 saturated carbocycles. The van der Waals surface area contributed by atoms with Crippen LogP contribution >= 0.6 is 0 Å². The van der Waals surface area contributed by atoms with Crippen LogP contribution in [0.4, 0.5) is 16.2 Å². The second-order valence-electron chi connectivity index (χ2n) is 5.81. The second kappa shape index (κ2) is 7.02. The highest BCUT2D eigenvalue weighted by atomic mass is 16.6. The Morgan fingerprint density at radius 1 is 1.27 bits per heavy atom. The van der Waals surface area contributed by atoms with Crippen molar-refractivity contribution in [2.75, 3.05) is 18.2 Å². The Morgan fingerprint density at radius 2 is 1.91 bits per heavy atom. The Bertz CT molecular complexity index is 552. The summed E-state index contributed by atoms with van der Waals surface area (Å²) in [6, 6.07) is 4.13. The van der Waals surface area contributed by atoms with E-state index in [0.717, 1.165) is 0 Å². The van der Waals surface area contributed by atoms with Gasteiger partial charge in [-0.2, -0.15) is 0 Å². The van der Waals surface area contributed by atoms with Crippen molar-refractivity contribution in [3.05, 3.63) is 18.2 Å². The highest BCUT2D eigenvalue weighted by Crippen LogP contribution is 2.24. The smallest absolute Gasteiger partial charge is 0.408 e. The molecule has 1 atom stereocenters. The molecule has 0 aliphatic carbocycles. The molecular weight excluding hydrogens is 286 g/mol. The number of methoxy groups -OCH3 is 1. The molecule has 1 rings (SSSR count). The van der Waals surface area contributed by atoms with Crippen LogP contribution in [0.3, 0.4) is 0 Å². The van der Waals surface area contributed by atoms with Crippen LogP contribution in [-0.4, -0.2) is 30.8 Å². The number of nitrogen functional groups attached to an aromatic ring is 1. The van der Waals surface area contributed by atoms with E-state index in [9.17, 15) is 9.59 Å². The maximum Gasteiger partial charge on any atom is 0.408 e. The average Bonchev–Trinajstić information content (AvgIpc) is 2.38. The molecule has 0 bridgehead atoms. The topological polar surface area (TPSA) is 103 Å². The van der Waals surface area contributed by atoms with Gasteiger partial charge in [-0.1, -0.05) is 0 Å². The lowest BCUT2D eigenvalue weighted by atomic mass is 10.2. The molecule has 0 spiro atoms. The molecule has 1 aromatic carbocycles. The Balaban J connectivity index is 2.63. The fraction of sp³-hybridized carbons (Fsp3) is 0.467. The number of benzene rings is 1. The fourth-order valence-electron chi connectivity index (χ4n) is 1.59. The minimum atomic E-state index is -0.751. The van der Waals surface area contributed by atoms with Crippen molar-refractivity contribution in [3.63, 3.8) is 0 Å². The van der Waals surface area contributed by atoms with Gasteiger partial charge in [0.1, 0.15) is 17.4 Å². The number of alkyl carbamates (subject to hydrolysis) is 1. The average molecular weight is 309 g/mol. The zero-order chi connectivity index (χ0) is 16.9. The molecule has 0 aliphatic rings. The van der Waals surface area contributed by atoms with Gasteiger partial charge in [0.2, 0.25) is 5.91 Å². The van der Waals surface area contributed by atoms with Crippen LogP contribution in [-0.2, 0) is 9.53 Å². The van der Waals surface area contributed by atoms with E-state index in [1.54, 1.807) is 45.9 Å². The Morgan fingerprint density at radius 3 is 2.45 bits per heavy atom. The number of nitrogens with two attached hydrogens (primary N) is 1. The number of rotatable bonds is 4. The van der Waals surface area contributed by atoms with Gasteiger partial charge in [0.15, 0.2) is 0 Å². The third-order valence-corrected chi connectivity index (χ3v) is 2.63. The standard InChI is InChI=1S/C15H23N3O4/c1-9(17-14(20)22-15(2,3)4)13(19)18-10-6-7-11(16)12(8-10)21-5/h6-9H,16H2,1-5H3,(H,17,20)(H,18,19)/t9-/m0/s1. The summed E-state index contributed by atoms with van der Waals surface area (Å²) in [7, 11) is 1.49. The maximum atomic E-state index is 12.0. The van der Waals surface area contributed by atoms with Gasteiger partial charge in [-0.15, -0.1) is 0 Å². The third kappa shape index (κ3) is 5.51. The summed E-state index contributed by atoms with van der Waals surface area (Å²) in [4.78, 5) is 23.7. The van der Waals surface area contributed by atoms with Crippen molar-refractivity contribution in [1.82, 2.24) is 5.32 Å². The van der Waals surface area contributed by atoms with E-state index in [1.165, 1.54) is 7.11 Å². The highest BCUT2D eigenvalue weighted by molar-refractivity contribution is 5.96. The molecule has 4 N–H and O–H groups in total. The maximum absolute atomic E-state index is 12.0. The van der Waals surface area contributed by atoms with Gasteiger partial charge >= 0.3 is 6.09 Å². The van der Waals surface area contributed by atoms with E-state index >= 15 is 0 Å². The summed E-state index contributed by atoms with van der Waals surface area (Å²) in [5, 5.41) is 5.13. The zero-order valence-corrected chi connectivity index (χ0v) is 13.5. The second-order valence-corrected chi connectivity index (χ2v) is 5.81. The molecule has 0 aliphatic heterocycles. The molecule has 7 heteroatoms. The fourth-order valence-corrected chi connectivity index (χ4v) is 1.59. The SMILES string of the molecule is COc1cc(NC(=O)[C@H](C)NC(=O)OC(C)(C)C)ccc1N. The van der Waals surface area contributed by atoms with Gasteiger partial charge in [0.25, 0.3) is 0 Å². The summed E-state index contributed by atoms with van der Waals surface area (Å²) in [6.45, 7) is 6.81. The van der Waals surface area contributed by atoms with Crippen LogP contribution in [0.2, 0.25) is 0 Å². The van der Waals surface area contributed by atoms with E-state index in [1.807, 2.05) is 0 Å². The van der Waals surface area contributed by atoms with Crippen molar-refractivity contribution in [1.29, 1.82) is 0 Å². The van der Waals surface area contributed by atoms with Gasteiger partial charge in [-0.25, -0.2) is 4.79 Å². The predicted molar refractivity (Wildman–Crippen MR) is 84.9 cm³/mol. The van der Waals surface area contributed by atoms with Crippen LogP contribution < -0.4 is 21.1 Å². The van der Waals surface area contributed by atoms with Gasteiger partial charge in [-0.05, 0) is 39.8 Å². The minimum absolute atomic E-state index is 0.377. The largest absolute Gasteiger partial charge is 0.495 e. The van der Waals surface area contributed by atoms with Crippen molar-refractivity contribution < 1.29 is 19.1 Å². The summed E-state index contributed by atoms with van der Waals surface area (Å²) in [5.41, 5.74) is 6.08. The molecule has 2 amide bonds.